The third-order valence-corrected chi connectivity index (χ3v) is 3.08. The second-order valence-corrected chi connectivity index (χ2v) is 5.05. The summed E-state index contributed by atoms with van der Waals surface area (Å²) >= 11 is 0. The van der Waals surface area contributed by atoms with E-state index in [4.69, 9.17) is 0 Å². The summed E-state index contributed by atoms with van der Waals surface area (Å²) < 4.78 is 0. The Kier molecular flexibility index (Phi) is 6.01. The molecule has 0 saturated heterocycles. The fraction of sp³-hybridized carbons (Fsp3) is 0.176. The number of pyridine rings is 1. The number of carbonyl (C=O) groups is 3. The predicted octanol–water partition coefficient (Wildman–Crippen LogP) is 1.80. The van der Waals surface area contributed by atoms with E-state index in [0.29, 0.717) is 16.9 Å². The van der Waals surface area contributed by atoms with Crippen LogP contribution in [0, 0.1) is 0 Å². The highest BCUT2D eigenvalue weighted by molar-refractivity contribution is 6.04. The van der Waals surface area contributed by atoms with Crippen LogP contribution >= 0.6 is 0 Å². The fourth-order valence-corrected chi connectivity index (χ4v) is 1.92. The van der Waals surface area contributed by atoms with E-state index in [9.17, 15) is 14.4 Å². The summed E-state index contributed by atoms with van der Waals surface area (Å²) in [6.07, 6.45) is 3.36. The third-order valence-electron chi connectivity index (χ3n) is 3.08. The van der Waals surface area contributed by atoms with Gasteiger partial charge in [-0.15, -0.1) is 0 Å². The Labute approximate surface area is 139 Å². The maximum absolute atomic E-state index is 12.1. The first-order valence-corrected chi connectivity index (χ1v) is 7.40. The first-order valence-electron chi connectivity index (χ1n) is 7.40. The van der Waals surface area contributed by atoms with Crippen molar-refractivity contribution in [3.63, 3.8) is 0 Å². The van der Waals surface area contributed by atoms with Gasteiger partial charge >= 0.3 is 0 Å². The molecule has 2 rings (SSSR count). The summed E-state index contributed by atoms with van der Waals surface area (Å²) in [5.41, 5.74) is 1.66. The van der Waals surface area contributed by atoms with Gasteiger partial charge in [0.05, 0.1) is 11.9 Å². The predicted molar refractivity (Wildman–Crippen MR) is 90.6 cm³/mol. The number of anilines is 2. The lowest BCUT2D eigenvalue weighted by Gasteiger charge is -2.07. The SMILES string of the molecule is CC(=O)NCCC(=O)Nc1ccc(C(=O)Nc2cccnc2)cc1. The van der Waals surface area contributed by atoms with Gasteiger partial charge < -0.3 is 16.0 Å². The number of hydrogen-bond donors (Lipinski definition) is 3. The highest BCUT2D eigenvalue weighted by Crippen LogP contribution is 2.12. The molecule has 0 spiro atoms. The standard InChI is InChI=1S/C17H18N4O3/c1-12(22)19-10-8-16(23)20-14-6-4-13(5-7-14)17(24)21-15-3-2-9-18-11-15/h2-7,9,11H,8,10H2,1H3,(H,19,22)(H,20,23)(H,21,24). The van der Waals surface area contributed by atoms with Crippen molar-refractivity contribution in [1.82, 2.24) is 10.3 Å². The molecule has 7 nitrogen and oxygen atoms in total. The highest BCUT2D eigenvalue weighted by atomic mass is 16.2. The molecule has 0 aliphatic heterocycles. The zero-order valence-corrected chi connectivity index (χ0v) is 13.2. The van der Waals surface area contributed by atoms with Crippen LogP contribution in [0.15, 0.2) is 48.8 Å². The van der Waals surface area contributed by atoms with Gasteiger partial charge in [0.15, 0.2) is 0 Å². The molecular formula is C17H18N4O3. The van der Waals surface area contributed by atoms with Crippen molar-refractivity contribution >= 4 is 29.1 Å². The van der Waals surface area contributed by atoms with Crippen LogP contribution in [0.5, 0.6) is 0 Å². The minimum atomic E-state index is -0.258. The molecule has 0 unspecified atom stereocenters. The van der Waals surface area contributed by atoms with Gasteiger partial charge in [0.25, 0.3) is 5.91 Å². The topological polar surface area (TPSA) is 100 Å². The Bertz CT molecular complexity index is 714. The Hall–Kier alpha value is -3.22. The van der Waals surface area contributed by atoms with E-state index in [1.54, 1.807) is 48.8 Å². The Morgan fingerprint density at radius 1 is 1.00 bits per heavy atom. The van der Waals surface area contributed by atoms with E-state index in [2.05, 4.69) is 20.9 Å². The normalized spacial score (nSPS) is 9.88. The quantitative estimate of drug-likeness (QED) is 0.753. The van der Waals surface area contributed by atoms with Crippen LogP contribution in [0.3, 0.4) is 0 Å². The molecule has 2 aromatic rings. The van der Waals surface area contributed by atoms with Crippen LogP contribution in [-0.2, 0) is 9.59 Å². The average molecular weight is 326 g/mol. The van der Waals surface area contributed by atoms with Gasteiger partial charge in [-0.05, 0) is 36.4 Å². The molecule has 0 radical (unpaired) electrons. The Morgan fingerprint density at radius 3 is 2.38 bits per heavy atom. The van der Waals surface area contributed by atoms with E-state index >= 15 is 0 Å². The number of aromatic nitrogens is 1. The lowest BCUT2D eigenvalue weighted by atomic mass is 10.2. The lowest BCUT2D eigenvalue weighted by molar-refractivity contribution is -0.119. The summed E-state index contributed by atoms with van der Waals surface area (Å²) in [4.78, 5) is 38.4. The highest BCUT2D eigenvalue weighted by Gasteiger charge is 2.07. The molecule has 7 heteroatoms. The van der Waals surface area contributed by atoms with Gasteiger partial charge in [-0.25, -0.2) is 0 Å². The largest absolute Gasteiger partial charge is 0.356 e. The lowest BCUT2D eigenvalue weighted by Crippen LogP contribution is -2.25. The first-order chi connectivity index (χ1) is 11.5. The Morgan fingerprint density at radius 2 is 1.75 bits per heavy atom. The van der Waals surface area contributed by atoms with Crippen LogP contribution in [0.25, 0.3) is 0 Å². The Balaban J connectivity index is 1.87. The number of carbonyl (C=O) groups excluding carboxylic acids is 3. The molecule has 124 valence electrons. The molecular weight excluding hydrogens is 308 g/mol. The minimum Gasteiger partial charge on any atom is -0.356 e. The van der Waals surface area contributed by atoms with Crippen molar-refractivity contribution in [2.24, 2.45) is 0 Å². The van der Waals surface area contributed by atoms with Crippen LogP contribution in [0.1, 0.15) is 23.7 Å². The zero-order valence-electron chi connectivity index (χ0n) is 13.2. The third kappa shape index (κ3) is 5.53. The van der Waals surface area contributed by atoms with Gasteiger partial charge in [-0.2, -0.15) is 0 Å². The van der Waals surface area contributed by atoms with E-state index in [1.165, 1.54) is 6.92 Å². The monoisotopic (exact) mass is 326 g/mol. The molecule has 1 aromatic heterocycles. The molecule has 0 atom stereocenters. The summed E-state index contributed by atoms with van der Waals surface area (Å²) in [6.45, 7) is 1.68. The molecule has 1 aromatic carbocycles. The smallest absolute Gasteiger partial charge is 0.255 e. The van der Waals surface area contributed by atoms with Crippen LogP contribution in [-0.4, -0.2) is 29.3 Å². The van der Waals surface area contributed by atoms with E-state index in [1.807, 2.05) is 0 Å². The van der Waals surface area contributed by atoms with E-state index < -0.39 is 0 Å². The van der Waals surface area contributed by atoms with Crippen molar-refractivity contribution < 1.29 is 14.4 Å². The summed E-state index contributed by atoms with van der Waals surface area (Å²) in [5.74, 6) is -0.644. The molecule has 0 aliphatic carbocycles. The minimum absolute atomic E-state index is 0.174. The summed E-state index contributed by atoms with van der Waals surface area (Å²) in [6, 6.07) is 10.0. The van der Waals surface area contributed by atoms with Gasteiger partial charge in [-0.1, -0.05) is 0 Å². The van der Waals surface area contributed by atoms with E-state index in [0.717, 1.165) is 0 Å². The molecule has 0 saturated carbocycles. The number of rotatable bonds is 6. The molecule has 1 heterocycles. The van der Waals surface area contributed by atoms with Crippen molar-refractivity contribution in [3.05, 3.63) is 54.4 Å². The van der Waals surface area contributed by atoms with Crippen molar-refractivity contribution in [3.8, 4) is 0 Å². The van der Waals surface area contributed by atoms with Gasteiger partial charge in [0.2, 0.25) is 11.8 Å². The fourth-order valence-electron chi connectivity index (χ4n) is 1.92. The van der Waals surface area contributed by atoms with Crippen LogP contribution < -0.4 is 16.0 Å². The summed E-state index contributed by atoms with van der Waals surface area (Å²) in [7, 11) is 0. The zero-order chi connectivity index (χ0) is 17.4. The molecule has 0 bridgehead atoms. The van der Waals surface area contributed by atoms with Gasteiger partial charge in [0.1, 0.15) is 0 Å². The maximum atomic E-state index is 12.1. The van der Waals surface area contributed by atoms with Crippen LogP contribution in [0.2, 0.25) is 0 Å². The van der Waals surface area contributed by atoms with Crippen molar-refractivity contribution in [1.29, 1.82) is 0 Å². The average Bonchev–Trinajstić information content (AvgIpc) is 2.56. The molecule has 0 aliphatic rings. The maximum Gasteiger partial charge on any atom is 0.255 e. The first kappa shape index (κ1) is 17.1. The molecule has 3 amide bonds. The number of nitrogens with zero attached hydrogens (tertiary/aromatic N) is 1. The second-order valence-electron chi connectivity index (χ2n) is 5.05. The number of hydrogen-bond acceptors (Lipinski definition) is 4. The van der Waals surface area contributed by atoms with Crippen molar-refractivity contribution in [2.75, 3.05) is 17.2 Å². The number of nitrogens with one attached hydrogen (secondary N) is 3. The molecule has 24 heavy (non-hydrogen) atoms. The van der Waals surface area contributed by atoms with Gasteiger partial charge in [-0.3, -0.25) is 19.4 Å². The molecule has 3 N–H and O–H groups in total. The van der Waals surface area contributed by atoms with Gasteiger partial charge in [0, 0.05) is 37.3 Å². The number of benzene rings is 1. The second kappa shape index (κ2) is 8.42. The molecule has 0 fully saturated rings. The van der Waals surface area contributed by atoms with E-state index in [-0.39, 0.29) is 30.7 Å². The van der Waals surface area contributed by atoms with Crippen LogP contribution in [0.4, 0.5) is 11.4 Å². The summed E-state index contributed by atoms with van der Waals surface area (Å²) in [5, 5.41) is 7.98. The van der Waals surface area contributed by atoms with Crippen molar-refractivity contribution in [2.45, 2.75) is 13.3 Å². The number of amides is 3.